The summed E-state index contributed by atoms with van der Waals surface area (Å²) in [5, 5.41) is 0. The van der Waals surface area contributed by atoms with Gasteiger partial charge in [-0.05, 0) is 75.9 Å². The van der Waals surface area contributed by atoms with Crippen molar-refractivity contribution in [2.24, 2.45) is 0 Å². The quantitative estimate of drug-likeness (QED) is 0.459. The molecule has 0 aromatic heterocycles. The summed E-state index contributed by atoms with van der Waals surface area (Å²) in [5.74, 6) is 0. The zero-order valence-corrected chi connectivity index (χ0v) is 19.6. The van der Waals surface area contributed by atoms with Crippen LogP contribution in [0, 0.1) is 0 Å². The number of hydrogen-bond donors (Lipinski definition) is 0. The summed E-state index contributed by atoms with van der Waals surface area (Å²) in [4.78, 5) is 2.62. The van der Waals surface area contributed by atoms with Crippen LogP contribution in [0.1, 0.15) is 63.9 Å². The van der Waals surface area contributed by atoms with Crippen LogP contribution in [0.2, 0.25) is 0 Å². The molecule has 1 aromatic carbocycles. The van der Waals surface area contributed by atoms with Gasteiger partial charge in [-0.1, -0.05) is 38.3 Å². The second-order valence-corrected chi connectivity index (χ2v) is 9.47. The van der Waals surface area contributed by atoms with Crippen molar-refractivity contribution in [3.8, 4) is 0 Å². The number of sulfonamides is 1. The van der Waals surface area contributed by atoms with Gasteiger partial charge in [-0.25, -0.2) is 8.42 Å². The SMILES string of the molecule is Br.CCCCN(c1ccc(CCCCN2CCCCCC2)cc1)S(C)(=O)=O. The molecule has 6 heteroatoms. The van der Waals surface area contributed by atoms with Crippen LogP contribution in [0.3, 0.4) is 0 Å². The molecule has 1 fully saturated rings. The number of halogens is 1. The molecule has 1 aliphatic rings. The molecule has 1 heterocycles. The molecule has 27 heavy (non-hydrogen) atoms. The molecule has 0 spiro atoms. The van der Waals surface area contributed by atoms with E-state index in [0.29, 0.717) is 6.54 Å². The second kappa shape index (κ2) is 12.8. The molecule has 0 atom stereocenters. The molecule has 0 aliphatic carbocycles. The number of benzene rings is 1. The van der Waals surface area contributed by atoms with Crippen molar-refractivity contribution < 1.29 is 8.42 Å². The first kappa shape index (κ1) is 24.4. The lowest BCUT2D eigenvalue weighted by Crippen LogP contribution is -2.30. The van der Waals surface area contributed by atoms with Crippen molar-refractivity contribution in [3.05, 3.63) is 29.8 Å². The Bertz CT molecular complexity index is 612. The van der Waals surface area contributed by atoms with E-state index in [0.717, 1.165) is 24.9 Å². The van der Waals surface area contributed by atoms with Gasteiger partial charge in [-0.3, -0.25) is 4.31 Å². The van der Waals surface area contributed by atoms with Gasteiger partial charge in [-0.2, -0.15) is 0 Å². The van der Waals surface area contributed by atoms with E-state index in [1.54, 1.807) is 0 Å². The molecule has 0 saturated carbocycles. The van der Waals surface area contributed by atoms with Gasteiger partial charge in [0.25, 0.3) is 0 Å². The van der Waals surface area contributed by atoms with Gasteiger partial charge in [0.2, 0.25) is 10.0 Å². The van der Waals surface area contributed by atoms with Gasteiger partial charge in [0.1, 0.15) is 0 Å². The Hall–Kier alpha value is -0.590. The molecule has 0 radical (unpaired) electrons. The number of rotatable bonds is 10. The number of anilines is 1. The predicted molar refractivity (Wildman–Crippen MR) is 122 cm³/mol. The molecule has 156 valence electrons. The maximum atomic E-state index is 12.0. The third kappa shape index (κ3) is 8.97. The van der Waals surface area contributed by atoms with Crippen LogP contribution < -0.4 is 4.31 Å². The lowest BCUT2D eigenvalue weighted by atomic mass is 10.1. The summed E-state index contributed by atoms with van der Waals surface area (Å²) in [7, 11) is -3.21. The van der Waals surface area contributed by atoms with Crippen molar-refractivity contribution >= 4 is 32.7 Å². The minimum atomic E-state index is -3.21. The minimum Gasteiger partial charge on any atom is -0.303 e. The summed E-state index contributed by atoms with van der Waals surface area (Å²) in [5.41, 5.74) is 2.09. The largest absolute Gasteiger partial charge is 0.303 e. The number of hydrogen-bond acceptors (Lipinski definition) is 3. The smallest absolute Gasteiger partial charge is 0.232 e. The molecule has 0 amide bonds. The summed E-state index contributed by atoms with van der Waals surface area (Å²) in [6.07, 6.45) is 12.2. The van der Waals surface area contributed by atoms with E-state index in [4.69, 9.17) is 0 Å². The molecule has 2 rings (SSSR count). The Balaban J connectivity index is 0.00000364. The molecule has 0 bridgehead atoms. The van der Waals surface area contributed by atoms with Gasteiger partial charge >= 0.3 is 0 Å². The number of aryl methyl sites for hydroxylation is 1. The normalized spacial score (nSPS) is 15.8. The van der Waals surface area contributed by atoms with E-state index in [9.17, 15) is 8.42 Å². The van der Waals surface area contributed by atoms with E-state index in [-0.39, 0.29) is 17.0 Å². The molecule has 0 unspecified atom stereocenters. The Kier molecular flexibility index (Phi) is 11.6. The minimum absolute atomic E-state index is 0. The first-order valence-electron chi connectivity index (χ1n) is 10.3. The lowest BCUT2D eigenvalue weighted by molar-refractivity contribution is 0.279. The summed E-state index contributed by atoms with van der Waals surface area (Å²) in [6, 6.07) is 8.10. The van der Waals surface area contributed by atoms with Crippen molar-refractivity contribution in [1.29, 1.82) is 0 Å². The van der Waals surface area contributed by atoms with Crippen molar-refractivity contribution in [3.63, 3.8) is 0 Å². The topological polar surface area (TPSA) is 40.6 Å². The maximum absolute atomic E-state index is 12.0. The van der Waals surface area contributed by atoms with E-state index >= 15 is 0 Å². The molecule has 1 aliphatic heterocycles. The van der Waals surface area contributed by atoms with Gasteiger partial charge in [0.05, 0.1) is 11.9 Å². The summed E-state index contributed by atoms with van der Waals surface area (Å²) in [6.45, 7) is 6.40. The molecular formula is C21H37BrN2O2S. The van der Waals surface area contributed by atoms with E-state index in [1.807, 2.05) is 12.1 Å². The first-order valence-corrected chi connectivity index (χ1v) is 12.1. The highest BCUT2D eigenvalue weighted by molar-refractivity contribution is 8.93. The first-order chi connectivity index (χ1) is 12.5. The average Bonchev–Trinajstić information content (AvgIpc) is 2.88. The third-order valence-corrected chi connectivity index (χ3v) is 6.42. The monoisotopic (exact) mass is 460 g/mol. The molecular weight excluding hydrogens is 424 g/mol. The number of nitrogens with zero attached hydrogens (tertiary/aromatic N) is 2. The van der Waals surface area contributed by atoms with E-state index in [2.05, 4.69) is 24.0 Å². The lowest BCUT2D eigenvalue weighted by Gasteiger charge is -2.22. The Morgan fingerprint density at radius 2 is 1.59 bits per heavy atom. The Labute approximate surface area is 177 Å². The maximum Gasteiger partial charge on any atom is 0.232 e. The van der Waals surface area contributed by atoms with Crippen LogP contribution in [-0.4, -0.2) is 45.8 Å². The Morgan fingerprint density at radius 3 is 2.15 bits per heavy atom. The highest BCUT2D eigenvalue weighted by Crippen LogP contribution is 2.20. The molecule has 4 nitrogen and oxygen atoms in total. The van der Waals surface area contributed by atoms with Crippen molar-refractivity contribution in [2.75, 3.05) is 36.7 Å². The molecule has 1 aromatic rings. The standard InChI is InChI=1S/C21H36N2O2S.BrH/c1-3-4-19-23(26(2,24)25)21-14-12-20(13-15-21)11-7-10-18-22-16-8-5-6-9-17-22;/h12-15H,3-11,16-19H2,1-2H3;1H. The van der Waals surface area contributed by atoms with Gasteiger partial charge in [0.15, 0.2) is 0 Å². The summed E-state index contributed by atoms with van der Waals surface area (Å²) >= 11 is 0. The van der Waals surface area contributed by atoms with Crippen LogP contribution in [0.15, 0.2) is 24.3 Å². The fraction of sp³-hybridized carbons (Fsp3) is 0.714. The predicted octanol–water partition coefficient (Wildman–Crippen LogP) is 5.03. The Morgan fingerprint density at radius 1 is 0.963 bits per heavy atom. The highest BCUT2D eigenvalue weighted by atomic mass is 79.9. The van der Waals surface area contributed by atoms with Crippen LogP contribution in [-0.2, 0) is 16.4 Å². The van der Waals surface area contributed by atoms with E-state index < -0.39 is 10.0 Å². The number of likely N-dealkylation sites (tertiary alicyclic amines) is 1. The molecule has 1 saturated heterocycles. The average molecular weight is 462 g/mol. The number of unbranched alkanes of at least 4 members (excludes halogenated alkanes) is 2. The fourth-order valence-corrected chi connectivity index (χ4v) is 4.61. The van der Waals surface area contributed by atoms with Gasteiger partial charge < -0.3 is 4.90 Å². The van der Waals surface area contributed by atoms with Gasteiger partial charge in [0, 0.05) is 6.54 Å². The second-order valence-electron chi connectivity index (χ2n) is 7.57. The molecule has 0 N–H and O–H groups in total. The van der Waals surface area contributed by atoms with Crippen LogP contribution in [0.5, 0.6) is 0 Å². The van der Waals surface area contributed by atoms with Crippen molar-refractivity contribution in [1.82, 2.24) is 4.90 Å². The zero-order valence-electron chi connectivity index (χ0n) is 17.0. The van der Waals surface area contributed by atoms with E-state index in [1.165, 1.54) is 74.3 Å². The van der Waals surface area contributed by atoms with Crippen LogP contribution in [0.25, 0.3) is 0 Å². The summed E-state index contributed by atoms with van der Waals surface area (Å²) < 4.78 is 25.6. The highest BCUT2D eigenvalue weighted by Gasteiger charge is 2.16. The van der Waals surface area contributed by atoms with Crippen molar-refractivity contribution in [2.45, 2.75) is 64.7 Å². The fourth-order valence-electron chi connectivity index (χ4n) is 3.64. The van der Waals surface area contributed by atoms with Crippen LogP contribution in [0.4, 0.5) is 5.69 Å². The van der Waals surface area contributed by atoms with Gasteiger partial charge in [-0.15, -0.1) is 17.0 Å². The third-order valence-electron chi connectivity index (χ3n) is 5.23. The van der Waals surface area contributed by atoms with Crippen LogP contribution >= 0.6 is 17.0 Å². The zero-order chi connectivity index (χ0) is 18.8.